The van der Waals surface area contributed by atoms with Gasteiger partial charge in [0.05, 0.1) is 11.9 Å². The molecule has 0 unspecified atom stereocenters. The van der Waals surface area contributed by atoms with Crippen molar-refractivity contribution in [2.45, 2.75) is 37.2 Å². The molecule has 5 nitrogen and oxygen atoms in total. The lowest BCUT2D eigenvalue weighted by molar-refractivity contribution is -0.0966. The summed E-state index contributed by atoms with van der Waals surface area (Å²) >= 11 is 0. The summed E-state index contributed by atoms with van der Waals surface area (Å²) in [6.45, 7) is 0. The van der Waals surface area contributed by atoms with Gasteiger partial charge < -0.3 is 15.5 Å². The number of ether oxygens (including phenoxy) is 1. The van der Waals surface area contributed by atoms with E-state index in [9.17, 15) is 13.6 Å². The lowest BCUT2D eigenvalue weighted by Crippen LogP contribution is -2.42. The van der Waals surface area contributed by atoms with Crippen LogP contribution in [0.4, 0.5) is 8.78 Å². The fourth-order valence-electron chi connectivity index (χ4n) is 3.48. The van der Waals surface area contributed by atoms with Crippen molar-refractivity contribution in [3.63, 3.8) is 0 Å². The third-order valence-electron chi connectivity index (χ3n) is 4.72. The summed E-state index contributed by atoms with van der Waals surface area (Å²) in [5, 5.41) is 0. The molecule has 1 amide bonds. The zero-order valence-corrected chi connectivity index (χ0v) is 12.2. The van der Waals surface area contributed by atoms with Crippen LogP contribution in [0, 0.1) is 0 Å². The molecule has 7 heteroatoms. The number of fused-ring (bicyclic) bond motifs is 4. The highest BCUT2D eigenvalue weighted by atomic mass is 19.3. The van der Waals surface area contributed by atoms with E-state index in [4.69, 9.17) is 10.5 Å². The van der Waals surface area contributed by atoms with Crippen molar-refractivity contribution in [1.29, 1.82) is 0 Å². The van der Waals surface area contributed by atoms with Crippen molar-refractivity contribution in [2.24, 2.45) is 5.73 Å². The third kappa shape index (κ3) is 2.10. The molecule has 23 heavy (non-hydrogen) atoms. The van der Waals surface area contributed by atoms with Crippen molar-refractivity contribution in [3.05, 3.63) is 35.8 Å². The standard InChI is InChI=1S/C16H15F2N3O2/c17-16(18)4-2-15(3-5-16)10-7-11(14(19)22)21-13(10)9-1-6-20-8-12(9)23-15/h1,6-8,21H,2-5H2,(H2,19,22). The summed E-state index contributed by atoms with van der Waals surface area (Å²) in [6, 6.07) is 3.39. The molecular weight excluding hydrogens is 304 g/mol. The van der Waals surface area contributed by atoms with E-state index in [0.29, 0.717) is 11.4 Å². The smallest absolute Gasteiger partial charge is 0.265 e. The molecule has 0 bridgehead atoms. The number of aromatic amines is 1. The van der Waals surface area contributed by atoms with Gasteiger partial charge in [-0.25, -0.2) is 8.78 Å². The fourth-order valence-corrected chi connectivity index (χ4v) is 3.48. The Balaban J connectivity index is 1.87. The second-order valence-electron chi connectivity index (χ2n) is 6.16. The van der Waals surface area contributed by atoms with Gasteiger partial charge in [-0.15, -0.1) is 0 Å². The minimum Gasteiger partial charge on any atom is -0.480 e. The van der Waals surface area contributed by atoms with Crippen LogP contribution < -0.4 is 10.5 Å². The molecule has 0 radical (unpaired) electrons. The monoisotopic (exact) mass is 319 g/mol. The summed E-state index contributed by atoms with van der Waals surface area (Å²) in [6.07, 6.45) is 3.04. The van der Waals surface area contributed by atoms with Crippen LogP contribution in [0.25, 0.3) is 11.3 Å². The van der Waals surface area contributed by atoms with E-state index >= 15 is 0 Å². The number of rotatable bonds is 1. The summed E-state index contributed by atoms with van der Waals surface area (Å²) in [7, 11) is 0. The zero-order valence-electron chi connectivity index (χ0n) is 12.2. The Morgan fingerprint density at radius 2 is 2.04 bits per heavy atom. The number of H-pyrrole nitrogens is 1. The first-order valence-corrected chi connectivity index (χ1v) is 7.45. The van der Waals surface area contributed by atoms with E-state index < -0.39 is 17.4 Å². The van der Waals surface area contributed by atoms with Gasteiger partial charge in [-0.1, -0.05) is 0 Å². The minimum atomic E-state index is -2.67. The average molecular weight is 319 g/mol. The molecular formula is C16H15F2N3O2. The highest BCUT2D eigenvalue weighted by molar-refractivity contribution is 5.93. The Kier molecular flexibility index (Phi) is 2.79. The predicted octanol–water partition coefficient (Wildman–Crippen LogP) is 2.97. The Morgan fingerprint density at radius 1 is 1.30 bits per heavy atom. The molecule has 1 spiro atoms. The Morgan fingerprint density at radius 3 is 2.74 bits per heavy atom. The van der Waals surface area contributed by atoms with E-state index in [1.54, 1.807) is 24.5 Å². The summed E-state index contributed by atoms with van der Waals surface area (Å²) in [5.74, 6) is -2.73. The van der Waals surface area contributed by atoms with Crippen molar-refractivity contribution in [1.82, 2.24) is 9.97 Å². The lowest BCUT2D eigenvalue weighted by atomic mass is 9.76. The Labute approximate surface area is 130 Å². The van der Waals surface area contributed by atoms with Gasteiger partial charge in [-0.05, 0) is 25.0 Å². The van der Waals surface area contributed by atoms with Gasteiger partial charge in [0.1, 0.15) is 17.0 Å². The maximum absolute atomic E-state index is 13.6. The van der Waals surface area contributed by atoms with Gasteiger partial charge in [-0.2, -0.15) is 0 Å². The Hall–Kier alpha value is -2.44. The van der Waals surface area contributed by atoms with Crippen LogP contribution in [0.15, 0.2) is 24.5 Å². The molecule has 0 saturated heterocycles. The molecule has 0 atom stereocenters. The number of hydrogen-bond acceptors (Lipinski definition) is 3. The topological polar surface area (TPSA) is 81.0 Å². The summed E-state index contributed by atoms with van der Waals surface area (Å²) in [4.78, 5) is 18.6. The molecule has 3 heterocycles. The quantitative estimate of drug-likeness (QED) is 0.848. The molecule has 2 aromatic rings. The highest BCUT2D eigenvalue weighted by Gasteiger charge is 2.49. The van der Waals surface area contributed by atoms with E-state index in [2.05, 4.69) is 9.97 Å². The number of carbonyl (C=O) groups excluding carboxylic acids is 1. The van der Waals surface area contributed by atoms with Crippen LogP contribution in [0.2, 0.25) is 0 Å². The zero-order chi connectivity index (χ0) is 16.2. The highest BCUT2D eigenvalue weighted by Crippen LogP contribution is 2.53. The second-order valence-corrected chi connectivity index (χ2v) is 6.16. The first-order valence-electron chi connectivity index (χ1n) is 7.45. The van der Waals surface area contributed by atoms with Crippen LogP contribution in [0.5, 0.6) is 5.75 Å². The van der Waals surface area contributed by atoms with Crippen LogP contribution in [0.1, 0.15) is 41.7 Å². The number of nitrogens with zero attached hydrogens (tertiary/aromatic N) is 1. The molecule has 2 aromatic heterocycles. The number of nitrogens with two attached hydrogens (primary N) is 1. The van der Waals surface area contributed by atoms with E-state index in [0.717, 1.165) is 11.1 Å². The number of nitrogens with one attached hydrogen (secondary N) is 1. The van der Waals surface area contributed by atoms with Crippen LogP contribution in [-0.2, 0) is 5.60 Å². The van der Waals surface area contributed by atoms with Gasteiger partial charge in [0.15, 0.2) is 0 Å². The molecule has 3 N–H and O–H groups in total. The molecule has 0 aromatic carbocycles. The average Bonchev–Trinajstić information content (AvgIpc) is 2.97. The SMILES string of the molecule is NC(=O)c1cc2c([nH]1)-c1ccncc1OC21CCC(F)(F)CC1. The number of halogens is 2. The molecule has 1 aliphatic heterocycles. The van der Waals surface area contributed by atoms with Crippen molar-refractivity contribution in [3.8, 4) is 17.0 Å². The molecule has 2 aliphatic rings. The normalized spacial score (nSPS) is 20.4. The number of aromatic nitrogens is 2. The maximum Gasteiger partial charge on any atom is 0.265 e. The molecule has 4 rings (SSSR count). The largest absolute Gasteiger partial charge is 0.480 e. The Bertz CT molecular complexity index is 790. The third-order valence-corrected chi connectivity index (χ3v) is 4.72. The van der Waals surface area contributed by atoms with Gasteiger partial charge in [0.25, 0.3) is 5.91 Å². The number of hydrogen-bond donors (Lipinski definition) is 2. The number of primary amides is 1. The van der Waals surface area contributed by atoms with Crippen LogP contribution in [-0.4, -0.2) is 21.8 Å². The molecule has 1 saturated carbocycles. The van der Waals surface area contributed by atoms with E-state index in [1.165, 1.54) is 0 Å². The number of carbonyl (C=O) groups is 1. The van der Waals surface area contributed by atoms with Gasteiger partial charge in [0, 0.05) is 30.2 Å². The van der Waals surface area contributed by atoms with Crippen LogP contribution >= 0.6 is 0 Å². The van der Waals surface area contributed by atoms with E-state index in [1.807, 2.05) is 0 Å². The van der Waals surface area contributed by atoms with Crippen molar-refractivity contribution >= 4 is 5.91 Å². The molecule has 1 aliphatic carbocycles. The number of amides is 1. The summed E-state index contributed by atoms with van der Waals surface area (Å²) in [5.41, 5.74) is 6.93. The van der Waals surface area contributed by atoms with E-state index in [-0.39, 0.29) is 31.4 Å². The first kappa shape index (κ1) is 14.2. The lowest BCUT2D eigenvalue weighted by Gasteiger charge is -2.43. The maximum atomic E-state index is 13.6. The molecule has 120 valence electrons. The predicted molar refractivity (Wildman–Crippen MR) is 78.3 cm³/mol. The van der Waals surface area contributed by atoms with Crippen molar-refractivity contribution < 1.29 is 18.3 Å². The van der Waals surface area contributed by atoms with Gasteiger partial charge in [0.2, 0.25) is 5.92 Å². The van der Waals surface area contributed by atoms with Crippen molar-refractivity contribution in [2.75, 3.05) is 0 Å². The van der Waals surface area contributed by atoms with Gasteiger partial charge >= 0.3 is 0 Å². The van der Waals surface area contributed by atoms with Gasteiger partial charge in [-0.3, -0.25) is 9.78 Å². The fraction of sp³-hybridized carbons (Fsp3) is 0.375. The number of pyridine rings is 1. The summed E-state index contributed by atoms with van der Waals surface area (Å²) < 4.78 is 33.3. The van der Waals surface area contributed by atoms with Crippen LogP contribution in [0.3, 0.4) is 0 Å². The number of alkyl halides is 2. The molecule has 1 fully saturated rings. The first-order chi connectivity index (χ1) is 10.9. The second kappa shape index (κ2) is 4.53. The minimum absolute atomic E-state index is 0.178.